The van der Waals surface area contributed by atoms with Crippen LogP contribution in [0.1, 0.15) is 36.1 Å². The van der Waals surface area contributed by atoms with Gasteiger partial charge in [-0.3, -0.25) is 0 Å². The van der Waals surface area contributed by atoms with Gasteiger partial charge in [0.05, 0.1) is 24.5 Å². The summed E-state index contributed by atoms with van der Waals surface area (Å²) in [6, 6.07) is 0. The number of halogens is 2. The number of amides is 1. The Morgan fingerprint density at radius 3 is 2.41 bits per heavy atom. The zero-order valence-electron chi connectivity index (χ0n) is 15.8. The fourth-order valence-corrected chi connectivity index (χ4v) is 3.88. The van der Waals surface area contributed by atoms with Gasteiger partial charge in [0.25, 0.3) is 0 Å². The second kappa shape index (κ2) is 7.52. The fraction of sp³-hybridized carbons (Fsp3) is 0.421. The van der Waals surface area contributed by atoms with Gasteiger partial charge < -0.3 is 9.57 Å². The Labute approximate surface area is 168 Å². The van der Waals surface area contributed by atoms with Crippen molar-refractivity contribution in [3.8, 4) is 0 Å². The second-order valence-electron chi connectivity index (χ2n) is 6.58. The van der Waals surface area contributed by atoms with Crippen LogP contribution in [-0.2, 0) is 9.57 Å². The fourth-order valence-electron chi connectivity index (χ4n) is 3.46. The Morgan fingerprint density at radius 1 is 1.19 bits per heavy atom. The molecule has 0 fully saturated rings. The van der Waals surface area contributed by atoms with Crippen molar-refractivity contribution in [2.45, 2.75) is 40.7 Å². The molecule has 1 amide bonds. The van der Waals surface area contributed by atoms with Crippen molar-refractivity contribution in [2.24, 2.45) is 16.2 Å². The lowest BCUT2D eigenvalue weighted by molar-refractivity contribution is 0.119. The minimum atomic E-state index is -0.541. The van der Waals surface area contributed by atoms with Gasteiger partial charge >= 0.3 is 6.09 Å². The molecule has 0 aromatic heterocycles. The van der Waals surface area contributed by atoms with Gasteiger partial charge in [-0.05, 0) is 56.9 Å². The van der Waals surface area contributed by atoms with Crippen LogP contribution in [-0.4, -0.2) is 35.7 Å². The maximum absolute atomic E-state index is 12.0. The summed E-state index contributed by atoms with van der Waals surface area (Å²) in [6.45, 7) is 9.70. The predicted molar refractivity (Wildman–Crippen MR) is 107 cm³/mol. The highest BCUT2D eigenvalue weighted by molar-refractivity contribution is 6.38. The SMILES string of the molecule is CCOC(=O)N1C=C(C)[C@@H]2C(c3c(C)c(Cl)c(C)c(Cl)c3C)=NO[C@@H]2C=N1. The first-order valence-corrected chi connectivity index (χ1v) is 9.40. The van der Waals surface area contributed by atoms with Crippen molar-refractivity contribution in [1.29, 1.82) is 0 Å². The van der Waals surface area contributed by atoms with Crippen molar-refractivity contribution in [3.63, 3.8) is 0 Å². The highest BCUT2D eigenvalue weighted by Crippen LogP contribution is 2.39. The number of nitrogens with zero attached hydrogens (tertiary/aromatic N) is 3. The Kier molecular flexibility index (Phi) is 5.49. The molecule has 1 aromatic carbocycles. The molecule has 0 saturated heterocycles. The van der Waals surface area contributed by atoms with E-state index in [1.807, 2.05) is 27.7 Å². The van der Waals surface area contributed by atoms with E-state index in [1.165, 1.54) is 5.01 Å². The minimum Gasteiger partial charge on any atom is -0.448 e. The number of oxime groups is 1. The summed E-state index contributed by atoms with van der Waals surface area (Å²) < 4.78 is 5.02. The molecule has 0 N–H and O–H groups in total. The van der Waals surface area contributed by atoms with Crippen molar-refractivity contribution in [2.75, 3.05) is 6.61 Å². The average molecular weight is 410 g/mol. The Hall–Kier alpha value is -2.05. The van der Waals surface area contributed by atoms with Gasteiger partial charge in [-0.25, -0.2) is 4.79 Å². The van der Waals surface area contributed by atoms with E-state index in [9.17, 15) is 4.79 Å². The molecule has 0 bridgehead atoms. The van der Waals surface area contributed by atoms with Crippen LogP contribution in [0.15, 0.2) is 22.0 Å². The van der Waals surface area contributed by atoms with E-state index >= 15 is 0 Å². The lowest BCUT2D eigenvalue weighted by Crippen LogP contribution is -2.27. The van der Waals surface area contributed by atoms with Crippen molar-refractivity contribution in [1.82, 2.24) is 5.01 Å². The molecular formula is C19H21Cl2N3O3. The van der Waals surface area contributed by atoms with Gasteiger partial charge in [0, 0.05) is 21.8 Å². The van der Waals surface area contributed by atoms with E-state index in [0.29, 0.717) is 10.0 Å². The van der Waals surface area contributed by atoms with Crippen LogP contribution in [0.4, 0.5) is 4.79 Å². The maximum Gasteiger partial charge on any atom is 0.434 e. The first-order valence-electron chi connectivity index (χ1n) is 8.65. The predicted octanol–water partition coefficient (Wildman–Crippen LogP) is 5.00. The third-order valence-corrected chi connectivity index (χ3v) is 5.96. The second-order valence-corrected chi connectivity index (χ2v) is 7.34. The number of benzene rings is 1. The third-order valence-electron chi connectivity index (χ3n) is 4.83. The summed E-state index contributed by atoms with van der Waals surface area (Å²) in [5.74, 6) is -0.208. The van der Waals surface area contributed by atoms with E-state index in [0.717, 1.165) is 33.5 Å². The number of fused-ring (bicyclic) bond motifs is 1. The zero-order valence-corrected chi connectivity index (χ0v) is 17.4. The molecule has 0 aliphatic carbocycles. The topological polar surface area (TPSA) is 63.5 Å². The van der Waals surface area contributed by atoms with Crippen LogP contribution < -0.4 is 0 Å². The normalized spacial score (nSPS) is 21.2. The maximum atomic E-state index is 12.0. The molecule has 8 heteroatoms. The average Bonchev–Trinajstić information content (AvgIpc) is 2.97. The quantitative estimate of drug-likeness (QED) is 0.689. The van der Waals surface area contributed by atoms with Gasteiger partial charge in [-0.2, -0.15) is 10.1 Å². The number of ether oxygens (including phenoxy) is 1. The molecule has 27 heavy (non-hydrogen) atoms. The number of hydrogen-bond donors (Lipinski definition) is 0. The molecule has 144 valence electrons. The number of hydrogen-bond acceptors (Lipinski definition) is 5. The zero-order chi connectivity index (χ0) is 19.9. The molecule has 0 saturated carbocycles. The van der Waals surface area contributed by atoms with E-state index in [2.05, 4.69) is 10.3 Å². The molecule has 0 radical (unpaired) electrons. The highest BCUT2D eigenvalue weighted by atomic mass is 35.5. The third kappa shape index (κ3) is 3.32. The summed E-state index contributed by atoms with van der Waals surface area (Å²) in [5.41, 5.74) is 5.11. The van der Waals surface area contributed by atoms with Gasteiger partial charge in [0.15, 0.2) is 6.10 Å². The van der Waals surface area contributed by atoms with E-state index in [1.54, 1.807) is 19.3 Å². The number of carbonyl (C=O) groups is 1. The first-order chi connectivity index (χ1) is 12.8. The van der Waals surface area contributed by atoms with Crippen LogP contribution in [0.3, 0.4) is 0 Å². The summed E-state index contributed by atoms with van der Waals surface area (Å²) >= 11 is 13.0. The van der Waals surface area contributed by atoms with Gasteiger partial charge in [0.2, 0.25) is 0 Å². The van der Waals surface area contributed by atoms with Crippen molar-refractivity contribution in [3.05, 3.63) is 44.1 Å². The van der Waals surface area contributed by atoms with E-state index < -0.39 is 12.2 Å². The monoisotopic (exact) mass is 409 g/mol. The Morgan fingerprint density at radius 2 is 1.81 bits per heavy atom. The highest BCUT2D eigenvalue weighted by Gasteiger charge is 2.39. The van der Waals surface area contributed by atoms with Gasteiger partial charge in [-0.15, -0.1) is 0 Å². The van der Waals surface area contributed by atoms with E-state index in [-0.39, 0.29) is 12.5 Å². The van der Waals surface area contributed by atoms with E-state index in [4.69, 9.17) is 32.8 Å². The summed E-state index contributed by atoms with van der Waals surface area (Å²) in [6.07, 6.45) is 2.24. The number of carbonyl (C=O) groups excluding carboxylic acids is 1. The molecule has 2 heterocycles. The van der Waals surface area contributed by atoms with Crippen molar-refractivity contribution >= 4 is 41.2 Å². The molecule has 0 unspecified atom stereocenters. The molecular weight excluding hydrogens is 389 g/mol. The molecule has 3 rings (SSSR count). The Bertz CT molecular complexity index is 864. The van der Waals surface area contributed by atoms with Crippen molar-refractivity contribution < 1.29 is 14.4 Å². The minimum absolute atomic E-state index is 0.208. The largest absolute Gasteiger partial charge is 0.448 e. The van der Waals surface area contributed by atoms with Crippen LogP contribution in [0.5, 0.6) is 0 Å². The Balaban J connectivity index is 2.06. The lowest BCUT2D eigenvalue weighted by atomic mass is 9.83. The molecule has 2 atom stereocenters. The standard InChI is InChI=1S/C19H21Cl2N3O3/c1-6-26-19(25)24-8-9(2)14-13(7-22-24)27-23-18(14)15-10(3)16(20)12(5)17(21)11(15)4/h7-8,13-14H,6H2,1-5H3/t13-,14+/m1/s1. The molecule has 1 aromatic rings. The summed E-state index contributed by atoms with van der Waals surface area (Å²) in [5, 5.41) is 10.9. The number of hydrazone groups is 1. The molecule has 2 aliphatic heterocycles. The van der Waals surface area contributed by atoms with Crippen LogP contribution in [0.25, 0.3) is 0 Å². The van der Waals surface area contributed by atoms with Crippen LogP contribution >= 0.6 is 23.2 Å². The van der Waals surface area contributed by atoms with Gasteiger partial charge in [0.1, 0.15) is 0 Å². The van der Waals surface area contributed by atoms with Crippen LogP contribution in [0.2, 0.25) is 10.0 Å². The summed E-state index contributed by atoms with van der Waals surface area (Å²) in [7, 11) is 0. The van der Waals surface area contributed by atoms with Gasteiger partial charge in [-0.1, -0.05) is 28.4 Å². The summed E-state index contributed by atoms with van der Waals surface area (Å²) in [4.78, 5) is 17.7. The van der Waals surface area contributed by atoms with Crippen LogP contribution in [0, 0.1) is 26.7 Å². The number of rotatable bonds is 2. The first kappa shape index (κ1) is 19.7. The molecule has 0 spiro atoms. The molecule has 6 nitrogen and oxygen atoms in total. The lowest BCUT2D eigenvalue weighted by Gasteiger charge is -2.20. The smallest absolute Gasteiger partial charge is 0.434 e. The molecule has 2 aliphatic rings.